The fourth-order valence-electron chi connectivity index (χ4n) is 2.11. The number of nitrogens with two attached hydrogens (primary N) is 1. The van der Waals surface area contributed by atoms with Crippen LogP contribution < -0.4 is 5.73 Å². The summed E-state index contributed by atoms with van der Waals surface area (Å²) < 4.78 is 0. The Morgan fingerprint density at radius 3 is 2.00 bits per heavy atom. The Morgan fingerprint density at radius 2 is 1.47 bits per heavy atom. The first-order valence-electron chi connectivity index (χ1n) is 6.00. The van der Waals surface area contributed by atoms with Crippen molar-refractivity contribution in [3.05, 3.63) is 68.7 Å². The van der Waals surface area contributed by atoms with E-state index in [1.165, 1.54) is 0 Å². The second-order valence-corrected chi connectivity index (χ2v) is 5.65. The van der Waals surface area contributed by atoms with Crippen LogP contribution >= 0.6 is 34.8 Å². The summed E-state index contributed by atoms with van der Waals surface area (Å²) in [6.07, 6.45) is 0.789. The lowest BCUT2D eigenvalue weighted by molar-refractivity contribution is 0.695. The van der Waals surface area contributed by atoms with Crippen molar-refractivity contribution in [2.75, 3.05) is 6.54 Å². The highest BCUT2D eigenvalue weighted by Gasteiger charge is 2.17. The number of halogens is 3. The number of hydrogen-bond donors (Lipinski definition) is 1. The third-order valence-corrected chi connectivity index (χ3v) is 4.00. The van der Waals surface area contributed by atoms with Gasteiger partial charge in [0.2, 0.25) is 0 Å². The average Bonchev–Trinajstić information content (AvgIpc) is 2.39. The highest BCUT2D eigenvalue weighted by atomic mass is 35.5. The molecule has 0 amide bonds. The van der Waals surface area contributed by atoms with Crippen LogP contribution in [-0.4, -0.2) is 6.54 Å². The molecule has 19 heavy (non-hydrogen) atoms. The van der Waals surface area contributed by atoms with Gasteiger partial charge in [0, 0.05) is 21.0 Å². The van der Waals surface area contributed by atoms with Crippen molar-refractivity contribution in [1.82, 2.24) is 0 Å². The smallest absolute Gasteiger partial charge is 0.0456 e. The average molecular weight is 315 g/mol. The van der Waals surface area contributed by atoms with E-state index in [-0.39, 0.29) is 5.92 Å². The summed E-state index contributed by atoms with van der Waals surface area (Å²) in [6.45, 7) is 0.492. The fourth-order valence-corrected chi connectivity index (χ4v) is 2.94. The van der Waals surface area contributed by atoms with Gasteiger partial charge < -0.3 is 5.73 Å². The number of benzene rings is 2. The van der Waals surface area contributed by atoms with E-state index in [0.717, 1.165) is 22.6 Å². The van der Waals surface area contributed by atoms with Crippen LogP contribution in [0.5, 0.6) is 0 Å². The predicted molar refractivity (Wildman–Crippen MR) is 83.4 cm³/mol. The van der Waals surface area contributed by atoms with E-state index >= 15 is 0 Å². The molecule has 0 bridgehead atoms. The van der Waals surface area contributed by atoms with Crippen LogP contribution in [0.25, 0.3) is 0 Å². The van der Waals surface area contributed by atoms with Gasteiger partial charge in [-0.15, -0.1) is 0 Å². The minimum absolute atomic E-state index is 0.0994. The van der Waals surface area contributed by atoms with Crippen molar-refractivity contribution in [2.24, 2.45) is 5.73 Å². The minimum atomic E-state index is 0.0994. The van der Waals surface area contributed by atoms with Crippen molar-refractivity contribution < 1.29 is 0 Å². The molecule has 2 rings (SSSR count). The van der Waals surface area contributed by atoms with Gasteiger partial charge in [0.1, 0.15) is 0 Å². The summed E-state index contributed by atoms with van der Waals surface area (Å²) in [6, 6.07) is 13.3. The molecule has 0 saturated heterocycles. The second-order valence-electron chi connectivity index (χ2n) is 4.40. The van der Waals surface area contributed by atoms with Crippen LogP contribution in [-0.2, 0) is 6.42 Å². The van der Waals surface area contributed by atoms with E-state index in [1.54, 1.807) is 0 Å². The monoisotopic (exact) mass is 313 g/mol. The Hall–Kier alpha value is -0.730. The molecule has 0 fully saturated rings. The van der Waals surface area contributed by atoms with E-state index in [4.69, 9.17) is 40.5 Å². The molecule has 0 spiro atoms. The summed E-state index contributed by atoms with van der Waals surface area (Å²) >= 11 is 18.3. The zero-order chi connectivity index (χ0) is 13.8. The summed E-state index contributed by atoms with van der Waals surface area (Å²) in [5.41, 5.74) is 7.96. The minimum Gasteiger partial charge on any atom is -0.330 e. The van der Waals surface area contributed by atoms with E-state index < -0.39 is 0 Å². The van der Waals surface area contributed by atoms with Gasteiger partial charge in [-0.2, -0.15) is 0 Å². The lowest BCUT2D eigenvalue weighted by Gasteiger charge is -2.18. The zero-order valence-electron chi connectivity index (χ0n) is 10.2. The normalized spacial score (nSPS) is 12.4. The maximum atomic E-state index is 6.23. The lowest BCUT2D eigenvalue weighted by atomic mass is 9.92. The molecule has 0 radical (unpaired) electrons. The SMILES string of the molecule is NCC(Cc1ccc(Cl)cc1)c1c(Cl)cccc1Cl. The van der Waals surface area contributed by atoms with Crippen molar-refractivity contribution in [2.45, 2.75) is 12.3 Å². The summed E-state index contributed by atoms with van der Waals surface area (Å²) in [7, 11) is 0. The van der Waals surface area contributed by atoms with Crippen molar-refractivity contribution in [3.63, 3.8) is 0 Å². The van der Waals surface area contributed by atoms with Gasteiger partial charge in [0.25, 0.3) is 0 Å². The molecule has 1 nitrogen and oxygen atoms in total. The number of rotatable bonds is 4. The van der Waals surface area contributed by atoms with Crippen LogP contribution in [0.2, 0.25) is 15.1 Å². The summed E-state index contributed by atoms with van der Waals surface area (Å²) in [4.78, 5) is 0. The fraction of sp³-hybridized carbons (Fsp3) is 0.200. The molecule has 0 aliphatic heterocycles. The largest absolute Gasteiger partial charge is 0.330 e. The molecule has 2 aromatic rings. The quantitative estimate of drug-likeness (QED) is 0.850. The van der Waals surface area contributed by atoms with Crippen LogP contribution in [0.3, 0.4) is 0 Å². The first kappa shape index (κ1) is 14.7. The van der Waals surface area contributed by atoms with Crippen molar-refractivity contribution >= 4 is 34.8 Å². The first-order valence-corrected chi connectivity index (χ1v) is 7.13. The molecule has 0 heterocycles. The van der Waals surface area contributed by atoms with Gasteiger partial charge in [-0.1, -0.05) is 53.0 Å². The zero-order valence-corrected chi connectivity index (χ0v) is 12.5. The van der Waals surface area contributed by atoms with Gasteiger partial charge in [0.05, 0.1) is 0 Å². The third-order valence-electron chi connectivity index (χ3n) is 3.09. The summed E-state index contributed by atoms with van der Waals surface area (Å²) in [5.74, 6) is 0.0994. The van der Waals surface area contributed by atoms with Crippen LogP contribution in [0.4, 0.5) is 0 Å². The third kappa shape index (κ3) is 3.64. The molecule has 2 N–H and O–H groups in total. The van der Waals surface area contributed by atoms with Crippen molar-refractivity contribution in [3.8, 4) is 0 Å². The van der Waals surface area contributed by atoms with Crippen LogP contribution in [0.15, 0.2) is 42.5 Å². The lowest BCUT2D eigenvalue weighted by Crippen LogP contribution is -2.16. The van der Waals surface area contributed by atoms with Gasteiger partial charge in [-0.3, -0.25) is 0 Å². The standard InChI is InChI=1S/C15H14Cl3N/c16-12-6-4-10(5-7-12)8-11(9-19)15-13(17)2-1-3-14(15)18/h1-7,11H,8-9,19H2. The molecule has 0 aliphatic rings. The molecule has 2 aromatic carbocycles. The summed E-state index contributed by atoms with van der Waals surface area (Å²) in [5, 5.41) is 2.05. The van der Waals surface area contributed by atoms with E-state index in [9.17, 15) is 0 Å². The Kier molecular flexibility index (Phi) is 5.12. The highest BCUT2D eigenvalue weighted by Crippen LogP contribution is 2.33. The van der Waals surface area contributed by atoms with Gasteiger partial charge in [-0.25, -0.2) is 0 Å². The van der Waals surface area contributed by atoms with Crippen molar-refractivity contribution in [1.29, 1.82) is 0 Å². The van der Waals surface area contributed by atoms with Gasteiger partial charge in [0.15, 0.2) is 0 Å². The van der Waals surface area contributed by atoms with Gasteiger partial charge >= 0.3 is 0 Å². The molecular formula is C15H14Cl3N. The Morgan fingerprint density at radius 1 is 0.895 bits per heavy atom. The Bertz CT molecular complexity index is 532. The topological polar surface area (TPSA) is 26.0 Å². The van der Waals surface area contributed by atoms with E-state index in [0.29, 0.717) is 16.6 Å². The predicted octanol–water partition coefficient (Wildman–Crippen LogP) is 4.93. The molecule has 0 aliphatic carbocycles. The molecular weight excluding hydrogens is 301 g/mol. The molecule has 0 saturated carbocycles. The van der Waals surface area contributed by atoms with Crippen LogP contribution in [0, 0.1) is 0 Å². The Labute approximate surface area is 128 Å². The van der Waals surface area contributed by atoms with Gasteiger partial charge in [-0.05, 0) is 48.4 Å². The molecule has 100 valence electrons. The molecule has 4 heteroatoms. The van der Waals surface area contributed by atoms with E-state index in [2.05, 4.69) is 0 Å². The second kappa shape index (κ2) is 6.62. The molecule has 1 atom stereocenters. The molecule has 0 aromatic heterocycles. The molecule has 1 unspecified atom stereocenters. The first-order chi connectivity index (χ1) is 9.11. The maximum Gasteiger partial charge on any atom is 0.0456 e. The maximum absolute atomic E-state index is 6.23. The number of hydrogen-bond acceptors (Lipinski definition) is 1. The van der Waals surface area contributed by atoms with E-state index in [1.807, 2.05) is 42.5 Å². The highest BCUT2D eigenvalue weighted by molar-refractivity contribution is 6.36. The van der Waals surface area contributed by atoms with Crippen LogP contribution in [0.1, 0.15) is 17.0 Å². The Balaban J connectivity index is 2.27.